The molecule has 0 aliphatic carbocycles. The number of ether oxygens (including phenoxy) is 1. The highest BCUT2D eigenvalue weighted by Gasteiger charge is 2.14. The van der Waals surface area contributed by atoms with Crippen LogP contribution in [-0.4, -0.2) is 15.9 Å². The lowest BCUT2D eigenvalue weighted by molar-refractivity contribution is 0.0462. The monoisotopic (exact) mass is 336 g/mol. The molecule has 0 saturated heterocycles. The first-order valence-corrected chi connectivity index (χ1v) is 9.05. The van der Waals surface area contributed by atoms with Crippen molar-refractivity contribution in [3.8, 4) is 10.6 Å². The normalized spacial score (nSPS) is 10.7. The van der Waals surface area contributed by atoms with Gasteiger partial charge in [0.1, 0.15) is 11.6 Å². The summed E-state index contributed by atoms with van der Waals surface area (Å²) in [6, 6.07) is 1.99. The van der Waals surface area contributed by atoms with E-state index in [0.717, 1.165) is 27.7 Å². The van der Waals surface area contributed by atoms with E-state index in [9.17, 15) is 4.79 Å². The minimum atomic E-state index is -0.404. The predicted molar refractivity (Wildman–Crippen MR) is 86.0 cm³/mol. The second kappa shape index (κ2) is 6.46. The lowest BCUT2D eigenvalue weighted by Gasteiger charge is -1.99. The number of thiazole rings is 2. The fraction of sp³-hybridized carbons (Fsp3) is 0.214. The van der Waals surface area contributed by atoms with Crippen LogP contribution in [0.2, 0.25) is 0 Å². The molecule has 0 radical (unpaired) electrons. The SMILES string of the molecule is CCc1nc(COC(=O)c2csc(-c3ccsc3)n2)cs1. The van der Waals surface area contributed by atoms with E-state index in [1.807, 2.05) is 22.2 Å². The first-order chi connectivity index (χ1) is 10.3. The predicted octanol–water partition coefficient (Wildman–Crippen LogP) is 4.25. The van der Waals surface area contributed by atoms with Gasteiger partial charge in [-0.15, -0.1) is 22.7 Å². The molecule has 3 heterocycles. The highest BCUT2D eigenvalue weighted by molar-refractivity contribution is 7.14. The number of carbonyl (C=O) groups is 1. The largest absolute Gasteiger partial charge is 0.454 e. The second-order valence-corrected chi connectivity index (χ2v) is 6.79. The zero-order valence-corrected chi connectivity index (χ0v) is 13.7. The van der Waals surface area contributed by atoms with Crippen LogP contribution in [0.5, 0.6) is 0 Å². The Morgan fingerprint density at radius 3 is 2.86 bits per heavy atom. The molecule has 0 aromatic carbocycles. The van der Waals surface area contributed by atoms with E-state index >= 15 is 0 Å². The number of rotatable bonds is 5. The van der Waals surface area contributed by atoms with E-state index in [1.54, 1.807) is 28.1 Å². The lowest BCUT2D eigenvalue weighted by Crippen LogP contribution is -2.05. The summed E-state index contributed by atoms with van der Waals surface area (Å²) in [7, 11) is 0. The third kappa shape index (κ3) is 3.37. The maximum Gasteiger partial charge on any atom is 0.358 e. The number of hydrogen-bond acceptors (Lipinski definition) is 7. The van der Waals surface area contributed by atoms with Gasteiger partial charge in [-0.25, -0.2) is 14.8 Å². The molecule has 0 aliphatic rings. The Labute approximate surface area is 134 Å². The molecule has 3 rings (SSSR count). The Morgan fingerprint density at radius 2 is 2.14 bits per heavy atom. The van der Waals surface area contributed by atoms with Gasteiger partial charge in [0, 0.05) is 21.7 Å². The topological polar surface area (TPSA) is 52.1 Å². The Bertz CT molecular complexity index is 731. The Hall–Kier alpha value is -1.57. The van der Waals surface area contributed by atoms with Gasteiger partial charge in [0.05, 0.1) is 10.7 Å². The van der Waals surface area contributed by atoms with Gasteiger partial charge in [0.15, 0.2) is 5.69 Å². The maximum absolute atomic E-state index is 12.0. The Morgan fingerprint density at radius 1 is 1.24 bits per heavy atom. The van der Waals surface area contributed by atoms with Gasteiger partial charge in [-0.1, -0.05) is 6.92 Å². The zero-order valence-electron chi connectivity index (χ0n) is 11.2. The maximum atomic E-state index is 12.0. The van der Waals surface area contributed by atoms with Crippen LogP contribution in [0.15, 0.2) is 27.6 Å². The molecule has 0 amide bonds. The quantitative estimate of drug-likeness (QED) is 0.654. The van der Waals surface area contributed by atoms with Crippen molar-refractivity contribution in [3.63, 3.8) is 0 Å². The Balaban J connectivity index is 1.63. The van der Waals surface area contributed by atoms with Crippen LogP contribution in [0.1, 0.15) is 28.1 Å². The molecular formula is C14H12N2O2S3. The molecule has 7 heteroatoms. The fourth-order valence-electron chi connectivity index (χ4n) is 1.68. The van der Waals surface area contributed by atoms with Crippen LogP contribution in [0.4, 0.5) is 0 Å². The number of nitrogens with zero attached hydrogens (tertiary/aromatic N) is 2. The molecule has 0 bridgehead atoms. The van der Waals surface area contributed by atoms with Gasteiger partial charge in [-0.05, 0) is 17.9 Å². The minimum absolute atomic E-state index is 0.195. The van der Waals surface area contributed by atoms with E-state index in [1.165, 1.54) is 11.3 Å². The summed E-state index contributed by atoms with van der Waals surface area (Å²) < 4.78 is 5.25. The second-order valence-electron chi connectivity index (χ2n) is 4.21. The van der Waals surface area contributed by atoms with Crippen LogP contribution in [0, 0.1) is 0 Å². The molecule has 21 heavy (non-hydrogen) atoms. The van der Waals surface area contributed by atoms with Crippen molar-refractivity contribution in [3.05, 3.63) is 44.0 Å². The molecule has 0 N–H and O–H groups in total. The molecule has 0 aliphatic heterocycles. The standard InChI is InChI=1S/C14H12N2O2S3/c1-2-12-15-10(7-20-12)5-18-14(17)11-8-21-13(16-11)9-3-4-19-6-9/h3-4,6-8H,2,5H2,1H3. The van der Waals surface area contributed by atoms with E-state index in [0.29, 0.717) is 5.69 Å². The molecule has 0 unspecified atom stereocenters. The summed E-state index contributed by atoms with van der Waals surface area (Å²) in [5.74, 6) is -0.404. The van der Waals surface area contributed by atoms with Gasteiger partial charge in [0.2, 0.25) is 0 Å². The Kier molecular flexibility index (Phi) is 4.42. The van der Waals surface area contributed by atoms with Gasteiger partial charge >= 0.3 is 5.97 Å². The molecule has 4 nitrogen and oxygen atoms in total. The number of aryl methyl sites for hydroxylation is 1. The van der Waals surface area contributed by atoms with Crippen LogP contribution in [-0.2, 0) is 17.8 Å². The highest BCUT2D eigenvalue weighted by Crippen LogP contribution is 2.26. The number of carbonyl (C=O) groups excluding carboxylic acids is 1. The van der Waals surface area contributed by atoms with Crippen molar-refractivity contribution in [2.24, 2.45) is 0 Å². The smallest absolute Gasteiger partial charge is 0.358 e. The van der Waals surface area contributed by atoms with Crippen molar-refractivity contribution in [2.45, 2.75) is 20.0 Å². The molecule has 0 spiro atoms. The van der Waals surface area contributed by atoms with Gasteiger partial charge in [-0.2, -0.15) is 11.3 Å². The van der Waals surface area contributed by atoms with Crippen LogP contribution < -0.4 is 0 Å². The summed E-state index contributed by atoms with van der Waals surface area (Å²) in [6.45, 7) is 2.25. The van der Waals surface area contributed by atoms with Crippen molar-refractivity contribution < 1.29 is 9.53 Å². The average Bonchev–Trinajstić information content (AvgIpc) is 3.24. The molecule has 0 atom stereocenters. The van der Waals surface area contributed by atoms with E-state index in [-0.39, 0.29) is 6.61 Å². The molecule has 3 aromatic heterocycles. The van der Waals surface area contributed by atoms with Crippen molar-refractivity contribution >= 4 is 40.0 Å². The first-order valence-electron chi connectivity index (χ1n) is 6.34. The number of esters is 1. The summed E-state index contributed by atoms with van der Waals surface area (Å²) in [5.41, 5.74) is 2.18. The summed E-state index contributed by atoms with van der Waals surface area (Å²) >= 11 is 4.64. The third-order valence-corrected chi connectivity index (χ3v) is 5.35. The molecule has 108 valence electrons. The van der Waals surface area contributed by atoms with Gasteiger partial charge in [-0.3, -0.25) is 0 Å². The zero-order chi connectivity index (χ0) is 14.7. The average molecular weight is 336 g/mol. The van der Waals surface area contributed by atoms with Crippen LogP contribution >= 0.6 is 34.0 Å². The summed E-state index contributed by atoms with van der Waals surface area (Å²) in [5, 5.41) is 9.54. The van der Waals surface area contributed by atoms with Crippen molar-refractivity contribution in [1.82, 2.24) is 9.97 Å². The van der Waals surface area contributed by atoms with E-state index in [2.05, 4.69) is 16.9 Å². The van der Waals surface area contributed by atoms with E-state index < -0.39 is 5.97 Å². The molecular weight excluding hydrogens is 324 g/mol. The van der Waals surface area contributed by atoms with Crippen molar-refractivity contribution in [1.29, 1.82) is 0 Å². The summed E-state index contributed by atoms with van der Waals surface area (Å²) in [4.78, 5) is 20.7. The molecule has 0 fully saturated rings. The number of hydrogen-bond donors (Lipinski definition) is 0. The molecule has 3 aromatic rings. The number of thiophene rings is 1. The van der Waals surface area contributed by atoms with E-state index in [4.69, 9.17) is 4.74 Å². The minimum Gasteiger partial charge on any atom is -0.454 e. The number of aromatic nitrogens is 2. The third-order valence-electron chi connectivity index (χ3n) is 2.73. The van der Waals surface area contributed by atoms with Gasteiger partial charge in [0.25, 0.3) is 0 Å². The van der Waals surface area contributed by atoms with Crippen LogP contribution in [0.25, 0.3) is 10.6 Å². The van der Waals surface area contributed by atoms with Gasteiger partial charge < -0.3 is 4.74 Å². The lowest BCUT2D eigenvalue weighted by atomic mass is 10.3. The fourth-order valence-corrected chi connectivity index (χ4v) is 3.91. The summed E-state index contributed by atoms with van der Waals surface area (Å²) in [6.07, 6.45) is 0.898. The van der Waals surface area contributed by atoms with Crippen LogP contribution in [0.3, 0.4) is 0 Å². The van der Waals surface area contributed by atoms with Crippen molar-refractivity contribution in [2.75, 3.05) is 0 Å². The highest BCUT2D eigenvalue weighted by atomic mass is 32.1. The molecule has 0 saturated carbocycles. The first kappa shape index (κ1) is 14.4.